The third-order valence-electron chi connectivity index (χ3n) is 3.25. The predicted molar refractivity (Wildman–Crippen MR) is 74.2 cm³/mol. The van der Waals surface area contributed by atoms with Crippen LogP contribution in [0.5, 0.6) is 0 Å². The van der Waals surface area contributed by atoms with E-state index in [9.17, 15) is 0 Å². The van der Waals surface area contributed by atoms with Crippen molar-refractivity contribution in [1.82, 2.24) is 14.8 Å². The van der Waals surface area contributed by atoms with Crippen LogP contribution in [-0.4, -0.2) is 35.6 Å². The minimum atomic E-state index is 0.609. The van der Waals surface area contributed by atoms with Crippen LogP contribution in [0, 0.1) is 11.3 Å². The van der Waals surface area contributed by atoms with E-state index in [1.54, 1.807) is 0 Å². The van der Waals surface area contributed by atoms with Crippen LogP contribution in [0.15, 0.2) is 12.3 Å². The number of nitrogens with one attached hydrogen (secondary N) is 1. The SMILES string of the molecule is CC(C)N(C)CCCNCc1cc(C#N)n(C)c1. The van der Waals surface area contributed by atoms with E-state index < -0.39 is 0 Å². The second-order valence-corrected chi connectivity index (χ2v) is 5.06. The third kappa shape index (κ3) is 4.52. The Bertz CT molecular complexity index is 400. The highest BCUT2D eigenvalue weighted by Crippen LogP contribution is 2.05. The van der Waals surface area contributed by atoms with E-state index in [1.165, 1.54) is 5.56 Å². The van der Waals surface area contributed by atoms with Gasteiger partial charge in [0, 0.05) is 25.8 Å². The molecule has 0 aliphatic carbocycles. The number of aryl methyl sites for hydroxylation is 1. The lowest BCUT2D eigenvalue weighted by Gasteiger charge is -2.20. The number of nitriles is 1. The molecule has 1 heterocycles. The Balaban J connectivity index is 2.20. The van der Waals surface area contributed by atoms with Gasteiger partial charge in [0.1, 0.15) is 11.8 Å². The Morgan fingerprint density at radius 3 is 2.78 bits per heavy atom. The molecule has 0 aromatic carbocycles. The van der Waals surface area contributed by atoms with Crippen LogP contribution in [0.1, 0.15) is 31.5 Å². The summed E-state index contributed by atoms with van der Waals surface area (Å²) in [5.41, 5.74) is 1.89. The fourth-order valence-corrected chi connectivity index (χ4v) is 1.79. The van der Waals surface area contributed by atoms with Crippen LogP contribution in [-0.2, 0) is 13.6 Å². The molecule has 0 saturated heterocycles. The Hall–Kier alpha value is -1.31. The maximum Gasteiger partial charge on any atom is 0.120 e. The van der Waals surface area contributed by atoms with Gasteiger partial charge in [-0.05, 0) is 52.0 Å². The largest absolute Gasteiger partial charge is 0.342 e. The Kier molecular flexibility index (Phi) is 5.90. The summed E-state index contributed by atoms with van der Waals surface area (Å²) in [6.07, 6.45) is 3.15. The molecule has 0 fully saturated rings. The summed E-state index contributed by atoms with van der Waals surface area (Å²) < 4.78 is 1.86. The van der Waals surface area contributed by atoms with Gasteiger partial charge in [-0.1, -0.05) is 0 Å². The molecule has 0 aliphatic rings. The van der Waals surface area contributed by atoms with Gasteiger partial charge in [-0.15, -0.1) is 0 Å². The van der Waals surface area contributed by atoms with Crippen LogP contribution in [0.2, 0.25) is 0 Å². The zero-order valence-corrected chi connectivity index (χ0v) is 11.9. The molecule has 1 rings (SSSR count). The first-order chi connectivity index (χ1) is 8.54. The van der Waals surface area contributed by atoms with Gasteiger partial charge in [0.25, 0.3) is 0 Å². The summed E-state index contributed by atoms with van der Waals surface area (Å²) in [4.78, 5) is 2.35. The molecule has 0 bridgehead atoms. The van der Waals surface area contributed by atoms with Crippen molar-refractivity contribution in [1.29, 1.82) is 5.26 Å². The highest BCUT2D eigenvalue weighted by Gasteiger charge is 2.03. The molecule has 4 nitrogen and oxygen atoms in total. The summed E-state index contributed by atoms with van der Waals surface area (Å²) in [6, 6.07) is 4.72. The van der Waals surface area contributed by atoms with E-state index in [0.717, 1.165) is 26.1 Å². The normalized spacial score (nSPS) is 11.2. The molecular formula is C14H24N4. The Morgan fingerprint density at radius 1 is 1.50 bits per heavy atom. The minimum Gasteiger partial charge on any atom is -0.342 e. The van der Waals surface area contributed by atoms with Gasteiger partial charge in [0.2, 0.25) is 0 Å². The Labute approximate surface area is 110 Å². The van der Waals surface area contributed by atoms with Gasteiger partial charge < -0.3 is 14.8 Å². The fraction of sp³-hybridized carbons (Fsp3) is 0.643. The second kappa shape index (κ2) is 7.20. The topological polar surface area (TPSA) is 44.0 Å². The zero-order valence-electron chi connectivity index (χ0n) is 11.9. The van der Waals surface area contributed by atoms with Crippen molar-refractivity contribution >= 4 is 0 Å². The van der Waals surface area contributed by atoms with Gasteiger partial charge in [0.15, 0.2) is 0 Å². The van der Waals surface area contributed by atoms with Crippen LogP contribution in [0.3, 0.4) is 0 Å². The number of aromatic nitrogens is 1. The molecule has 0 amide bonds. The standard InChI is InChI=1S/C14H24N4/c1-12(2)17(3)7-5-6-16-10-13-8-14(9-15)18(4)11-13/h8,11-12,16H,5-7,10H2,1-4H3. The van der Waals surface area contributed by atoms with E-state index in [1.807, 2.05) is 23.9 Å². The highest BCUT2D eigenvalue weighted by molar-refractivity contribution is 5.28. The molecule has 1 aromatic rings. The molecule has 100 valence electrons. The van der Waals surface area contributed by atoms with Gasteiger partial charge in [-0.25, -0.2) is 0 Å². The maximum absolute atomic E-state index is 8.86. The monoisotopic (exact) mass is 248 g/mol. The first kappa shape index (κ1) is 14.7. The quantitative estimate of drug-likeness (QED) is 0.747. The van der Waals surface area contributed by atoms with E-state index in [0.29, 0.717) is 11.7 Å². The van der Waals surface area contributed by atoms with Crippen molar-refractivity contribution in [2.24, 2.45) is 7.05 Å². The van der Waals surface area contributed by atoms with Crippen molar-refractivity contribution in [2.45, 2.75) is 32.9 Å². The number of hydrogen-bond donors (Lipinski definition) is 1. The van der Waals surface area contributed by atoms with Crippen molar-refractivity contribution in [3.63, 3.8) is 0 Å². The number of hydrogen-bond acceptors (Lipinski definition) is 3. The average Bonchev–Trinajstić information content (AvgIpc) is 2.68. The molecule has 1 N–H and O–H groups in total. The first-order valence-electron chi connectivity index (χ1n) is 6.51. The van der Waals surface area contributed by atoms with Crippen LogP contribution in [0.25, 0.3) is 0 Å². The van der Waals surface area contributed by atoms with Gasteiger partial charge in [-0.3, -0.25) is 0 Å². The summed E-state index contributed by atoms with van der Waals surface area (Å²) in [5, 5.41) is 12.3. The molecule has 0 saturated carbocycles. The molecular weight excluding hydrogens is 224 g/mol. The van der Waals surface area contributed by atoms with E-state index in [-0.39, 0.29) is 0 Å². The van der Waals surface area contributed by atoms with Crippen molar-refractivity contribution in [3.8, 4) is 6.07 Å². The minimum absolute atomic E-state index is 0.609. The van der Waals surface area contributed by atoms with E-state index in [4.69, 9.17) is 5.26 Å². The van der Waals surface area contributed by atoms with Crippen molar-refractivity contribution < 1.29 is 0 Å². The molecule has 18 heavy (non-hydrogen) atoms. The lowest BCUT2D eigenvalue weighted by Crippen LogP contribution is -2.29. The first-order valence-corrected chi connectivity index (χ1v) is 6.51. The van der Waals surface area contributed by atoms with Crippen LogP contribution < -0.4 is 5.32 Å². The molecule has 0 atom stereocenters. The zero-order chi connectivity index (χ0) is 13.5. The number of nitrogens with zero attached hydrogens (tertiary/aromatic N) is 3. The van der Waals surface area contributed by atoms with E-state index >= 15 is 0 Å². The van der Waals surface area contributed by atoms with E-state index in [2.05, 4.69) is 37.2 Å². The van der Waals surface area contributed by atoms with Crippen LogP contribution >= 0.6 is 0 Å². The molecule has 0 radical (unpaired) electrons. The Morgan fingerprint density at radius 2 is 2.22 bits per heavy atom. The highest BCUT2D eigenvalue weighted by atomic mass is 15.1. The average molecular weight is 248 g/mol. The van der Waals surface area contributed by atoms with Gasteiger partial charge in [0.05, 0.1) is 0 Å². The van der Waals surface area contributed by atoms with Gasteiger partial charge in [-0.2, -0.15) is 5.26 Å². The second-order valence-electron chi connectivity index (χ2n) is 5.06. The molecule has 0 unspecified atom stereocenters. The summed E-state index contributed by atoms with van der Waals surface area (Å²) in [5.74, 6) is 0. The third-order valence-corrected chi connectivity index (χ3v) is 3.25. The maximum atomic E-state index is 8.86. The van der Waals surface area contributed by atoms with Gasteiger partial charge >= 0.3 is 0 Å². The lowest BCUT2D eigenvalue weighted by atomic mass is 10.3. The lowest BCUT2D eigenvalue weighted by molar-refractivity contribution is 0.269. The molecule has 4 heteroatoms. The van der Waals surface area contributed by atoms with Crippen LogP contribution in [0.4, 0.5) is 0 Å². The van der Waals surface area contributed by atoms with Crippen molar-refractivity contribution in [3.05, 3.63) is 23.5 Å². The summed E-state index contributed by atoms with van der Waals surface area (Å²) in [7, 11) is 4.06. The number of rotatable bonds is 7. The molecule has 0 spiro atoms. The fourth-order valence-electron chi connectivity index (χ4n) is 1.79. The smallest absolute Gasteiger partial charge is 0.120 e. The van der Waals surface area contributed by atoms with Crippen molar-refractivity contribution in [2.75, 3.05) is 20.1 Å². The molecule has 1 aromatic heterocycles. The summed E-state index contributed by atoms with van der Waals surface area (Å²) >= 11 is 0. The predicted octanol–water partition coefficient (Wildman–Crippen LogP) is 1.72. The molecule has 0 aliphatic heterocycles. The summed E-state index contributed by atoms with van der Waals surface area (Å²) in [6.45, 7) is 7.37.